The highest BCUT2D eigenvalue weighted by molar-refractivity contribution is 7.15. The van der Waals surface area contributed by atoms with E-state index in [4.69, 9.17) is 8.83 Å². The zero-order valence-electron chi connectivity index (χ0n) is 14.6. The Morgan fingerprint density at radius 1 is 1.27 bits per heavy atom. The molecule has 6 nitrogen and oxygen atoms in total. The van der Waals surface area contributed by atoms with Gasteiger partial charge < -0.3 is 14.2 Å². The summed E-state index contributed by atoms with van der Waals surface area (Å²) in [6, 6.07) is 7.58. The van der Waals surface area contributed by atoms with Gasteiger partial charge in [0.25, 0.3) is 5.91 Å². The predicted molar refractivity (Wildman–Crippen MR) is 99.1 cm³/mol. The van der Waals surface area contributed by atoms with Crippen molar-refractivity contribution in [2.45, 2.75) is 25.8 Å². The molecule has 0 unspecified atom stereocenters. The largest absolute Gasteiger partial charge is 0.468 e. The zero-order valence-corrected chi connectivity index (χ0v) is 15.4. The molecule has 1 atom stereocenters. The summed E-state index contributed by atoms with van der Waals surface area (Å²) < 4.78 is 11.0. The maximum Gasteiger partial charge on any atom is 0.271 e. The Morgan fingerprint density at radius 3 is 2.73 bits per heavy atom. The molecule has 1 N–H and O–H groups in total. The summed E-state index contributed by atoms with van der Waals surface area (Å²) in [6.45, 7) is 4.46. The lowest BCUT2D eigenvalue weighted by Gasteiger charge is -2.25. The Kier molecular flexibility index (Phi) is 4.90. The zero-order chi connectivity index (χ0) is 17.9. The minimum atomic E-state index is -0.160. The van der Waals surface area contributed by atoms with Crippen molar-refractivity contribution < 1.29 is 13.6 Å². The number of likely N-dealkylation sites (tertiary alicyclic amines) is 1. The molecule has 0 radical (unpaired) electrons. The summed E-state index contributed by atoms with van der Waals surface area (Å²) in [4.78, 5) is 20.4. The van der Waals surface area contributed by atoms with E-state index in [1.807, 2.05) is 31.2 Å². The Morgan fingerprint density at radius 2 is 2.04 bits per heavy atom. The van der Waals surface area contributed by atoms with E-state index in [0.29, 0.717) is 18.0 Å². The maximum atomic E-state index is 12.7. The van der Waals surface area contributed by atoms with Crippen LogP contribution in [0.3, 0.4) is 0 Å². The van der Waals surface area contributed by atoms with Gasteiger partial charge in [-0.15, -0.1) is 11.3 Å². The van der Waals surface area contributed by atoms with Crippen molar-refractivity contribution in [3.8, 4) is 10.8 Å². The van der Waals surface area contributed by atoms with Crippen molar-refractivity contribution in [3.63, 3.8) is 0 Å². The van der Waals surface area contributed by atoms with Crippen molar-refractivity contribution >= 4 is 17.2 Å². The van der Waals surface area contributed by atoms with Gasteiger partial charge >= 0.3 is 0 Å². The van der Waals surface area contributed by atoms with Crippen LogP contribution in [0.25, 0.3) is 10.8 Å². The molecule has 3 aromatic rings. The average Bonchev–Trinajstić information content (AvgIpc) is 3.42. The van der Waals surface area contributed by atoms with E-state index in [2.05, 4.69) is 15.2 Å². The summed E-state index contributed by atoms with van der Waals surface area (Å²) in [6.07, 6.45) is 5.65. The summed E-state index contributed by atoms with van der Waals surface area (Å²) in [5.74, 6) is 1.41. The van der Waals surface area contributed by atoms with Crippen LogP contribution in [0.2, 0.25) is 0 Å². The SMILES string of the molecule is Cc1sc(-c2ccco2)nc1C(=O)NC[C@@H](c1ccco1)N1CCCC1. The van der Waals surface area contributed by atoms with Crippen molar-refractivity contribution in [2.24, 2.45) is 0 Å². The third kappa shape index (κ3) is 3.45. The van der Waals surface area contributed by atoms with Gasteiger partial charge in [-0.05, 0) is 57.1 Å². The number of thiazole rings is 1. The number of furan rings is 2. The third-order valence-electron chi connectivity index (χ3n) is 4.65. The molecule has 0 saturated carbocycles. The second-order valence-electron chi connectivity index (χ2n) is 6.39. The lowest BCUT2D eigenvalue weighted by atomic mass is 10.2. The smallest absolute Gasteiger partial charge is 0.271 e. The lowest BCUT2D eigenvalue weighted by molar-refractivity contribution is 0.0929. The fraction of sp³-hybridized carbons (Fsp3) is 0.368. The number of carbonyl (C=O) groups is 1. The van der Waals surface area contributed by atoms with Gasteiger partial charge in [-0.1, -0.05) is 0 Å². The monoisotopic (exact) mass is 371 g/mol. The lowest BCUT2D eigenvalue weighted by Crippen LogP contribution is -2.36. The molecule has 136 valence electrons. The summed E-state index contributed by atoms with van der Waals surface area (Å²) in [5.41, 5.74) is 0.459. The molecular formula is C19H21N3O3S. The van der Waals surface area contributed by atoms with E-state index in [9.17, 15) is 4.79 Å². The highest BCUT2D eigenvalue weighted by Crippen LogP contribution is 2.28. The molecule has 4 heterocycles. The molecule has 0 aromatic carbocycles. The fourth-order valence-electron chi connectivity index (χ4n) is 3.33. The molecule has 3 aromatic heterocycles. The predicted octanol–water partition coefficient (Wildman–Crippen LogP) is 3.87. The van der Waals surface area contributed by atoms with Crippen LogP contribution >= 0.6 is 11.3 Å². The molecule has 1 aliphatic rings. The first-order valence-electron chi connectivity index (χ1n) is 8.79. The molecule has 26 heavy (non-hydrogen) atoms. The Balaban J connectivity index is 1.47. The number of nitrogens with zero attached hydrogens (tertiary/aromatic N) is 2. The topological polar surface area (TPSA) is 71.5 Å². The van der Waals surface area contributed by atoms with E-state index in [1.165, 1.54) is 24.2 Å². The molecule has 4 rings (SSSR count). The van der Waals surface area contributed by atoms with Gasteiger partial charge in [0, 0.05) is 11.4 Å². The summed E-state index contributed by atoms with van der Waals surface area (Å²) in [7, 11) is 0. The first-order chi connectivity index (χ1) is 12.7. The third-order valence-corrected chi connectivity index (χ3v) is 5.64. The number of carbonyl (C=O) groups excluding carboxylic acids is 1. The van der Waals surface area contributed by atoms with E-state index in [-0.39, 0.29) is 11.9 Å². The van der Waals surface area contributed by atoms with Gasteiger partial charge in [0.2, 0.25) is 0 Å². The van der Waals surface area contributed by atoms with Gasteiger partial charge in [0.15, 0.2) is 10.8 Å². The number of aromatic nitrogens is 1. The molecule has 7 heteroatoms. The van der Waals surface area contributed by atoms with Crippen molar-refractivity contribution in [3.05, 3.63) is 53.1 Å². The summed E-state index contributed by atoms with van der Waals surface area (Å²) in [5, 5.41) is 3.76. The molecule has 0 bridgehead atoms. The highest BCUT2D eigenvalue weighted by Gasteiger charge is 2.27. The van der Waals surface area contributed by atoms with Crippen LogP contribution in [0.15, 0.2) is 45.6 Å². The number of aryl methyl sites for hydroxylation is 1. The average molecular weight is 371 g/mol. The van der Waals surface area contributed by atoms with Gasteiger partial charge in [-0.25, -0.2) is 4.98 Å². The normalized spacial score (nSPS) is 16.0. The van der Waals surface area contributed by atoms with Crippen LogP contribution in [0.1, 0.15) is 40.0 Å². The molecular weight excluding hydrogens is 350 g/mol. The van der Waals surface area contributed by atoms with Gasteiger partial charge in [-0.2, -0.15) is 0 Å². The first kappa shape index (κ1) is 17.1. The highest BCUT2D eigenvalue weighted by atomic mass is 32.1. The van der Waals surface area contributed by atoms with E-state index in [0.717, 1.165) is 28.7 Å². The van der Waals surface area contributed by atoms with Crippen LogP contribution in [0.5, 0.6) is 0 Å². The van der Waals surface area contributed by atoms with Crippen LogP contribution in [-0.4, -0.2) is 35.4 Å². The van der Waals surface area contributed by atoms with E-state index < -0.39 is 0 Å². The number of rotatable bonds is 6. The number of hydrogen-bond acceptors (Lipinski definition) is 6. The Bertz CT molecular complexity index is 849. The van der Waals surface area contributed by atoms with E-state index >= 15 is 0 Å². The molecule has 1 aliphatic heterocycles. The maximum absolute atomic E-state index is 12.7. The van der Waals surface area contributed by atoms with Gasteiger partial charge in [-0.3, -0.25) is 9.69 Å². The minimum Gasteiger partial charge on any atom is -0.468 e. The van der Waals surface area contributed by atoms with Gasteiger partial charge in [0.05, 0.1) is 18.6 Å². The molecule has 0 aliphatic carbocycles. The molecule has 1 amide bonds. The van der Waals surface area contributed by atoms with Crippen molar-refractivity contribution in [2.75, 3.05) is 19.6 Å². The van der Waals surface area contributed by atoms with E-state index in [1.54, 1.807) is 12.5 Å². The van der Waals surface area contributed by atoms with Crippen molar-refractivity contribution in [1.29, 1.82) is 0 Å². The first-order valence-corrected chi connectivity index (χ1v) is 9.61. The fourth-order valence-corrected chi connectivity index (χ4v) is 4.21. The summed E-state index contributed by atoms with van der Waals surface area (Å²) >= 11 is 1.46. The molecule has 1 fully saturated rings. The quantitative estimate of drug-likeness (QED) is 0.712. The standard InChI is InChI=1S/C19H21N3O3S/c1-13-17(21-19(26-13)16-7-5-11-25-16)18(23)20-12-14(15-6-4-10-24-15)22-8-2-3-9-22/h4-7,10-11,14H,2-3,8-9,12H2,1H3,(H,20,23)/t14-/m0/s1. The van der Waals surface area contributed by atoms with Gasteiger partial charge in [0.1, 0.15) is 11.5 Å². The number of amides is 1. The van der Waals surface area contributed by atoms with Crippen LogP contribution < -0.4 is 5.32 Å². The van der Waals surface area contributed by atoms with Crippen molar-refractivity contribution in [1.82, 2.24) is 15.2 Å². The Hall–Kier alpha value is -2.38. The number of nitrogens with one attached hydrogen (secondary N) is 1. The van der Waals surface area contributed by atoms with Crippen LogP contribution in [-0.2, 0) is 0 Å². The molecule has 0 spiro atoms. The second-order valence-corrected chi connectivity index (χ2v) is 7.59. The minimum absolute atomic E-state index is 0.0555. The Labute approximate surface area is 155 Å². The second kappa shape index (κ2) is 7.47. The van der Waals surface area contributed by atoms with Crippen LogP contribution in [0.4, 0.5) is 0 Å². The number of hydrogen-bond donors (Lipinski definition) is 1. The molecule has 1 saturated heterocycles. The van der Waals surface area contributed by atoms with Crippen LogP contribution in [0, 0.1) is 6.92 Å².